The van der Waals surface area contributed by atoms with E-state index in [-0.39, 0.29) is 12.5 Å². The smallest absolute Gasteiger partial charge is 0.277 e. The molecule has 3 rings (SSSR count). The van der Waals surface area contributed by atoms with Gasteiger partial charge in [-0.05, 0) is 75.4 Å². The van der Waals surface area contributed by atoms with Crippen molar-refractivity contribution in [2.24, 2.45) is 5.10 Å². The van der Waals surface area contributed by atoms with Gasteiger partial charge >= 0.3 is 0 Å². The quantitative estimate of drug-likeness (QED) is 0.170. The van der Waals surface area contributed by atoms with Gasteiger partial charge < -0.3 is 9.47 Å². The third-order valence-electron chi connectivity index (χ3n) is 4.95. The van der Waals surface area contributed by atoms with Crippen LogP contribution in [0.3, 0.4) is 0 Å². The van der Waals surface area contributed by atoms with Gasteiger partial charge in [-0.15, -0.1) is 0 Å². The molecule has 0 bridgehead atoms. The van der Waals surface area contributed by atoms with Gasteiger partial charge in [0.1, 0.15) is 11.5 Å². The second-order valence-electron chi connectivity index (χ2n) is 7.57. The number of carbonyl (C=O) groups is 1. The number of halogens is 1. The van der Waals surface area contributed by atoms with E-state index in [1.165, 1.54) is 19.3 Å². The lowest BCUT2D eigenvalue weighted by Crippen LogP contribution is -2.24. The zero-order chi connectivity index (χ0) is 23.3. The largest absolute Gasteiger partial charge is 0.494 e. The SMILES string of the molecule is CCCCCCOc1ccc(/C=N/NC(=O)COc2ccc(-c3ccccc3)cc2Br)cc1. The Morgan fingerprint density at radius 2 is 1.73 bits per heavy atom. The Morgan fingerprint density at radius 1 is 0.939 bits per heavy atom. The van der Waals surface area contributed by atoms with Crippen molar-refractivity contribution in [2.45, 2.75) is 32.6 Å². The molecule has 33 heavy (non-hydrogen) atoms. The maximum Gasteiger partial charge on any atom is 0.277 e. The highest BCUT2D eigenvalue weighted by Crippen LogP contribution is 2.30. The lowest BCUT2D eigenvalue weighted by atomic mass is 10.1. The minimum absolute atomic E-state index is 0.133. The molecule has 0 aromatic heterocycles. The Labute approximate surface area is 204 Å². The summed E-state index contributed by atoms with van der Waals surface area (Å²) in [4.78, 5) is 12.1. The first-order valence-corrected chi connectivity index (χ1v) is 12.0. The molecule has 3 aromatic rings. The summed E-state index contributed by atoms with van der Waals surface area (Å²) in [7, 11) is 0. The van der Waals surface area contributed by atoms with Gasteiger partial charge in [0.25, 0.3) is 5.91 Å². The predicted octanol–water partition coefficient (Wildman–Crippen LogP) is 6.60. The van der Waals surface area contributed by atoms with Gasteiger partial charge in [-0.25, -0.2) is 5.43 Å². The summed E-state index contributed by atoms with van der Waals surface area (Å²) in [5.74, 6) is 1.10. The fraction of sp³-hybridized carbons (Fsp3) is 0.259. The number of hydrogen-bond donors (Lipinski definition) is 1. The number of rotatable bonds is 12. The Bertz CT molecular complexity index is 1040. The Kier molecular flexibility index (Phi) is 9.98. The van der Waals surface area contributed by atoms with Crippen LogP contribution < -0.4 is 14.9 Å². The molecule has 0 heterocycles. The molecule has 0 aliphatic rings. The number of hydrazone groups is 1. The number of nitrogens with one attached hydrogen (secondary N) is 1. The van der Waals surface area contributed by atoms with Crippen molar-refractivity contribution >= 4 is 28.1 Å². The first-order chi connectivity index (χ1) is 16.2. The lowest BCUT2D eigenvalue weighted by Gasteiger charge is -2.09. The van der Waals surface area contributed by atoms with Crippen molar-refractivity contribution in [3.05, 3.63) is 82.8 Å². The number of amides is 1. The van der Waals surface area contributed by atoms with Crippen LogP contribution in [0.1, 0.15) is 38.2 Å². The molecule has 0 saturated heterocycles. The summed E-state index contributed by atoms with van der Waals surface area (Å²) in [6, 6.07) is 23.5. The summed E-state index contributed by atoms with van der Waals surface area (Å²) in [6.45, 7) is 2.79. The van der Waals surface area contributed by atoms with Crippen molar-refractivity contribution in [3.8, 4) is 22.6 Å². The van der Waals surface area contributed by atoms with Gasteiger partial charge in [0.2, 0.25) is 0 Å². The molecule has 0 aliphatic carbocycles. The molecule has 3 aromatic carbocycles. The lowest BCUT2D eigenvalue weighted by molar-refractivity contribution is -0.123. The Morgan fingerprint density at radius 3 is 2.45 bits per heavy atom. The molecular formula is C27H29BrN2O3. The highest BCUT2D eigenvalue weighted by Gasteiger charge is 2.07. The molecular weight excluding hydrogens is 480 g/mol. The van der Waals surface area contributed by atoms with Crippen molar-refractivity contribution in [3.63, 3.8) is 0 Å². The Balaban J connectivity index is 1.41. The average Bonchev–Trinajstić information content (AvgIpc) is 2.84. The normalized spacial score (nSPS) is 10.8. The number of hydrogen-bond acceptors (Lipinski definition) is 4. The first-order valence-electron chi connectivity index (χ1n) is 11.2. The van der Waals surface area contributed by atoms with E-state index in [1.807, 2.05) is 72.8 Å². The van der Waals surface area contributed by atoms with E-state index < -0.39 is 0 Å². The van der Waals surface area contributed by atoms with Crippen LogP contribution >= 0.6 is 15.9 Å². The van der Waals surface area contributed by atoms with E-state index in [2.05, 4.69) is 33.4 Å². The number of carbonyl (C=O) groups excluding carboxylic acids is 1. The van der Waals surface area contributed by atoms with Gasteiger partial charge in [0.15, 0.2) is 6.61 Å². The number of nitrogens with zero attached hydrogens (tertiary/aromatic N) is 1. The molecule has 1 N–H and O–H groups in total. The van der Waals surface area contributed by atoms with Crippen LogP contribution in [0.25, 0.3) is 11.1 Å². The highest BCUT2D eigenvalue weighted by atomic mass is 79.9. The molecule has 0 fully saturated rings. The van der Waals surface area contributed by atoms with Gasteiger partial charge in [0.05, 0.1) is 17.3 Å². The second kappa shape index (κ2) is 13.4. The third-order valence-corrected chi connectivity index (χ3v) is 5.57. The molecule has 0 unspecified atom stereocenters. The second-order valence-corrected chi connectivity index (χ2v) is 8.43. The number of ether oxygens (including phenoxy) is 2. The zero-order valence-electron chi connectivity index (χ0n) is 18.8. The van der Waals surface area contributed by atoms with E-state index in [0.29, 0.717) is 5.75 Å². The van der Waals surface area contributed by atoms with E-state index in [1.54, 1.807) is 6.21 Å². The monoisotopic (exact) mass is 508 g/mol. The molecule has 1 amide bonds. The summed E-state index contributed by atoms with van der Waals surface area (Å²) in [5, 5.41) is 4.00. The average molecular weight is 509 g/mol. The van der Waals surface area contributed by atoms with Gasteiger partial charge in [0, 0.05) is 0 Å². The molecule has 172 valence electrons. The van der Waals surface area contributed by atoms with Gasteiger partial charge in [-0.3, -0.25) is 4.79 Å². The number of benzene rings is 3. The molecule has 0 atom stereocenters. The maximum atomic E-state index is 12.1. The van der Waals surface area contributed by atoms with Crippen LogP contribution in [0.4, 0.5) is 0 Å². The van der Waals surface area contributed by atoms with E-state index in [9.17, 15) is 4.79 Å². The minimum Gasteiger partial charge on any atom is -0.494 e. The highest BCUT2D eigenvalue weighted by molar-refractivity contribution is 9.10. The third kappa shape index (κ3) is 8.39. The van der Waals surface area contributed by atoms with Crippen LogP contribution in [0.15, 0.2) is 82.4 Å². The summed E-state index contributed by atoms with van der Waals surface area (Å²) in [5.41, 5.74) is 5.54. The van der Waals surface area contributed by atoms with Crippen molar-refractivity contribution in [1.82, 2.24) is 5.43 Å². The van der Waals surface area contributed by atoms with E-state index >= 15 is 0 Å². The van der Waals surface area contributed by atoms with Crippen LogP contribution in [-0.2, 0) is 4.79 Å². The van der Waals surface area contributed by atoms with Crippen LogP contribution in [0.5, 0.6) is 11.5 Å². The van der Waals surface area contributed by atoms with E-state index in [4.69, 9.17) is 9.47 Å². The summed E-state index contributed by atoms with van der Waals surface area (Å²) >= 11 is 3.51. The van der Waals surface area contributed by atoms with Crippen LogP contribution in [0.2, 0.25) is 0 Å². The molecule has 0 radical (unpaired) electrons. The fourth-order valence-electron chi connectivity index (χ4n) is 3.15. The van der Waals surface area contributed by atoms with Crippen LogP contribution in [-0.4, -0.2) is 25.3 Å². The summed E-state index contributed by atoms with van der Waals surface area (Å²) in [6.07, 6.45) is 6.32. The van der Waals surface area contributed by atoms with Crippen LogP contribution in [0, 0.1) is 0 Å². The molecule has 0 spiro atoms. The first kappa shape index (κ1) is 24.5. The van der Waals surface area contributed by atoms with E-state index in [0.717, 1.165) is 39.9 Å². The predicted molar refractivity (Wildman–Crippen MR) is 137 cm³/mol. The topological polar surface area (TPSA) is 59.9 Å². The van der Waals surface area contributed by atoms with Crippen molar-refractivity contribution in [2.75, 3.05) is 13.2 Å². The maximum absolute atomic E-state index is 12.1. The molecule has 5 nitrogen and oxygen atoms in total. The number of unbranched alkanes of at least 4 members (excludes halogenated alkanes) is 3. The van der Waals surface area contributed by atoms with Gasteiger partial charge in [-0.1, -0.05) is 62.6 Å². The van der Waals surface area contributed by atoms with Gasteiger partial charge in [-0.2, -0.15) is 5.10 Å². The molecule has 0 saturated carbocycles. The minimum atomic E-state index is -0.336. The molecule has 6 heteroatoms. The summed E-state index contributed by atoms with van der Waals surface area (Å²) < 4.78 is 12.1. The van der Waals surface area contributed by atoms with Crippen molar-refractivity contribution in [1.29, 1.82) is 0 Å². The van der Waals surface area contributed by atoms with Crippen molar-refractivity contribution < 1.29 is 14.3 Å². The standard InChI is InChI=1S/C27H29BrN2O3/c1-2-3-4-8-17-32-24-14-11-21(12-15-24)19-29-30-27(31)20-33-26-16-13-23(18-25(26)28)22-9-6-5-7-10-22/h5-7,9-16,18-19H,2-4,8,17,20H2,1H3,(H,30,31)/b29-19+. The zero-order valence-corrected chi connectivity index (χ0v) is 20.4. The Hall–Kier alpha value is -3.12. The molecule has 0 aliphatic heterocycles. The fourth-order valence-corrected chi connectivity index (χ4v) is 3.64.